The number of amides is 2. The molecule has 0 saturated heterocycles. The number of benzene rings is 4. The van der Waals surface area contributed by atoms with E-state index in [2.05, 4.69) is 10.2 Å². The van der Waals surface area contributed by atoms with E-state index in [1.807, 2.05) is 12.1 Å². The van der Waals surface area contributed by atoms with Crippen LogP contribution in [0.15, 0.2) is 105 Å². The van der Waals surface area contributed by atoms with Crippen molar-refractivity contribution in [3.8, 4) is 0 Å². The molecule has 1 atom stereocenters. The fraction of sp³-hybridized carbons (Fsp3) is 0.0882. The summed E-state index contributed by atoms with van der Waals surface area (Å²) in [5, 5.41) is 9.66. The molecular formula is C34H19Cl2FN4O4S2. The van der Waals surface area contributed by atoms with Crippen LogP contribution in [0.5, 0.6) is 0 Å². The predicted octanol–water partition coefficient (Wildman–Crippen LogP) is 7.83. The van der Waals surface area contributed by atoms with Crippen molar-refractivity contribution in [2.75, 3.05) is 9.80 Å². The molecule has 0 saturated carbocycles. The van der Waals surface area contributed by atoms with Crippen LogP contribution in [0, 0.1) is 5.82 Å². The average Bonchev–Trinajstić information content (AvgIpc) is 3.71. The summed E-state index contributed by atoms with van der Waals surface area (Å²) in [4.78, 5) is 46.8. The lowest BCUT2D eigenvalue weighted by molar-refractivity contribution is -0.121. The van der Waals surface area contributed by atoms with Crippen LogP contribution in [0.1, 0.15) is 32.8 Å². The van der Waals surface area contributed by atoms with Crippen molar-refractivity contribution in [1.29, 1.82) is 0 Å². The maximum Gasteiger partial charge on any atom is 0.297 e. The average molecular weight is 702 g/mol. The van der Waals surface area contributed by atoms with E-state index < -0.39 is 22.8 Å². The standard InChI is InChI=1S/C34H19Cl2FN4O4S2/c35-20-11-9-18(10-12-20)16-40-25-8-4-2-6-23(25)34(31(40)44)27-28(42)22-15-21(36)13-14-26(22)45-29(27)30(43)41(34)32-38-39-33(47-32)46-17-19-5-1-3-7-24(19)37/h1-15H,16-17H2. The fourth-order valence-corrected chi connectivity index (χ4v) is 8.35. The van der Waals surface area contributed by atoms with Gasteiger partial charge in [0.05, 0.1) is 23.2 Å². The van der Waals surface area contributed by atoms with Crippen LogP contribution in [0.25, 0.3) is 11.0 Å². The molecule has 47 heavy (non-hydrogen) atoms. The first-order valence-corrected chi connectivity index (χ1v) is 16.8. The highest BCUT2D eigenvalue weighted by Gasteiger charge is 2.66. The maximum absolute atomic E-state index is 15.1. The van der Waals surface area contributed by atoms with Crippen molar-refractivity contribution in [2.45, 2.75) is 22.2 Å². The van der Waals surface area contributed by atoms with Crippen molar-refractivity contribution in [2.24, 2.45) is 0 Å². The number of fused-ring (bicyclic) bond motifs is 5. The normalized spacial score (nSPS) is 16.8. The molecule has 8 nitrogen and oxygen atoms in total. The summed E-state index contributed by atoms with van der Waals surface area (Å²) in [6, 6.07) is 25.0. The van der Waals surface area contributed by atoms with Crippen molar-refractivity contribution in [3.05, 3.63) is 145 Å². The highest BCUT2D eigenvalue weighted by Crippen LogP contribution is 2.55. The van der Waals surface area contributed by atoms with E-state index >= 15 is 4.79 Å². The van der Waals surface area contributed by atoms with Gasteiger partial charge in [0.15, 0.2) is 15.3 Å². The summed E-state index contributed by atoms with van der Waals surface area (Å²) in [6.45, 7) is 0.136. The number of carbonyl (C=O) groups excluding carboxylic acids is 2. The summed E-state index contributed by atoms with van der Waals surface area (Å²) in [5.41, 5.74) is -0.297. The molecule has 0 radical (unpaired) electrons. The lowest BCUT2D eigenvalue weighted by Crippen LogP contribution is -2.53. The van der Waals surface area contributed by atoms with Crippen molar-refractivity contribution in [1.82, 2.24) is 10.2 Å². The van der Waals surface area contributed by atoms with Gasteiger partial charge in [-0.05, 0) is 53.6 Å². The maximum atomic E-state index is 15.1. The van der Waals surface area contributed by atoms with E-state index in [9.17, 15) is 14.0 Å². The molecule has 1 unspecified atom stereocenters. The zero-order valence-electron chi connectivity index (χ0n) is 23.9. The Labute approximate surface area is 284 Å². The van der Waals surface area contributed by atoms with Crippen LogP contribution in [0.4, 0.5) is 15.2 Å². The number of aromatic nitrogens is 2. The smallest absolute Gasteiger partial charge is 0.297 e. The largest absolute Gasteiger partial charge is 0.450 e. The molecule has 2 aliphatic rings. The molecule has 0 aliphatic carbocycles. The number of hydrogen-bond donors (Lipinski definition) is 0. The quantitative estimate of drug-likeness (QED) is 0.129. The van der Waals surface area contributed by atoms with Crippen LogP contribution in [-0.2, 0) is 22.6 Å². The number of halogens is 3. The fourth-order valence-electron chi connectivity index (χ4n) is 6.17. The van der Waals surface area contributed by atoms with Gasteiger partial charge in [0.1, 0.15) is 11.4 Å². The number of rotatable bonds is 6. The summed E-state index contributed by atoms with van der Waals surface area (Å²) in [5.74, 6) is -1.60. The van der Waals surface area contributed by atoms with Gasteiger partial charge >= 0.3 is 0 Å². The lowest BCUT2D eigenvalue weighted by atomic mass is 9.84. The van der Waals surface area contributed by atoms with Crippen molar-refractivity contribution < 1.29 is 18.4 Å². The third-order valence-corrected chi connectivity index (χ3v) is 10.8. The summed E-state index contributed by atoms with van der Waals surface area (Å²) >= 11 is 14.7. The third kappa shape index (κ3) is 4.60. The third-order valence-electron chi connectivity index (χ3n) is 8.24. The van der Waals surface area contributed by atoms with Crippen LogP contribution < -0.4 is 15.2 Å². The number of carbonyl (C=O) groups is 2. The molecule has 0 fully saturated rings. The second kappa shape index (κ2) is 11.3. The summed E-state index contributed by atoms with van der Waals surface area (Å²) < 4.78 is 20.9. The van der Waals surface area contributed by atoms with E-state index in [0.29, 0.717) is 31.2 Å². The Balaban J connectivity index is 1.32. The molecule has 4 heterocycles. The van der Waals surface area contributed by atoms with Gasteiger partial charge in [0.2, 0.25) is 10.9 Å². The van der Waals surface area contributed by atoms with E-state index in [-0.39, 0.29) is 45.5 Å². The number of hydrogen-bond acceptors (Lipinski definition) is 8. The number of para-hydroxylation sites is 1. The first kappa shape index (κ1) is 29.8. The summed E-state index contributed by atoms with van der Waals surface area (Å²) in [7, 11) is 0. The lowest BCUT2D eigenvalue weighted by Gasteiger charge is -2.32. The Bertz CT molecular complexity index is 2330. The minimum absolute atomic E-state index is 0.0791. The molecular weight excluding hydrogens is 682 g/mol. The van der Waals surface area contributed by atoms with Crippen LogP contribution in [0.2, 0.25) is 10.0 Å². The first-order chi connectivity index (χ1) is 22.8. The van der Waals surface area contributed by atoms with Crippen LogP contribution >= 0.6 is 46.3 Å². The predicted molar refractivity (Wildman–Crippen MR) is 180 cm³/mol. The van der Waals surface area contributed by atoms with Crippen LogP contribution in [0.3, 0.4) is 0 Å². The first-order valence-electron chi connectivity index (χ1n) is 14.2. The summed E-state index contributed by atoms with van der Waals surface area (Å²) in [6.07, 6.45) is 0. The molecule has 2 aromatic heterocycles. The second-order valence-corrected chi connectivity index (χ2v) is 13.9. The molecule has 8 rings (SSSR count). The molecule has 4 aromatic carbocycles. The van der Waals surface area contributed by atoms with Crippen LogP contribution in [-0.4, -0.2) is 22.0 Å². The molecule has 2 amide bonds. The zero-order valence-corrected chi connectivity index (χ0v) is 27.1. The van der Waals surface area contributed by atoms with E-state index in [4.69, 9.17) is 27.6 Å². The number of anilines is 2. The Morgan fingerprint density at radius 1 is 0.894 bits per heavy atom. The van der Waals surface area contributed by atoms with Gasteiger partial charge in [-0.1, -0.05) is 94.8 Å². The Kier molecular flexibility index (Phi) is 7.17. The minimum atomic E-state index is -1.96. The van der Waals surface area contributed by atoms with E-state index in [1.165, 1.54) is 34.9 Å². The van der Waals surface area contributed by atoms with Gasteiger partial charge in [-0.2, -0.15) is 0 Å². The van der Waals surface area contributed by atoms with Gasteiger partial charge in [-0.25, -0.2) is 4.39 Å². The Hall–Kier alpha value is -4.55. The molecule has 0 N–H and O–H groups in total. The second-order valence-electron chi connectivity index (χ2n) is 10.9. The van der Waals surface area contributed by atoms with Crippen molar-refractivity contribution >= 4 is 79.9 Å². The van der Waals surface area contributed by atoms with E-state index in [1.54, 1.807) is 65.6 Å². The number of nitrogens with zero attached hydrogens (tertiary/aromatic N) is 4. The van der Waals surface area contributed by atoms with Gasteiger partial charge in [0.25, 0.3) is 11.8 Å². The molecule has 232 valence electrons. The SMILES string of the molecule is O=C1c2oc3ccc(Cl)cc3c(=O)c2C2(C(=O)N(Cc3ccc(Cl)cc3)c3ccccc32)N1c1nnc(SCc2ccccc2F)s1. The van der Waals surface area contributed by atoms with Gasteiger partial charge in [-0.3, -0.25) is 19.3 Å². The van der Waals surface area contributed by atoms with Crippen molar-refractivity contribution in [3.63, 3.8) is 0 Å². The van der Waals surface area contributed by atoms with Gasteiger partial charge in [0, 0.05) is 21.4 Å². The minimum Gasteiger partial charge on any atom is -0.450 e. The monoisotopic (exact) mass is 700 g/mol. The highest BCUT2D eigenvalue weighted by atomic mass is 35.5. The molecule has 2 aliphatic heterocycles. The molecule has 0 bridgehead atoms. The topological polar surface area (TPSA) is 96.6 Å². The van der Waals surface area contributed by atoms with Gasteiger partial charge in [-0.15, -0.1) is 10.2 Å². The highest BCUT2D eigenvalue weighted by molar-refractivity contribution is 8.00. The Morgan fingerprint density at radius 3 is 2.45 bits per heavy atom. The molecule has 6 aromatic rings. The molecule has 1 spiro atoms. The van der Waals surface area contributed by atoms with E-state index in [0.717, 1.165) is 16.9 Å². The molecule has 13 heteroatoms. The van der Waals surface area contributed by atoms with Gasteiger partial charge < -0.3 is 9.32 Å². The number of thioether (sulfide) groups is 1. The zero-order chi connectivity index (χ0) is 32.4. The Morgan fingerprint density at radius 2 is 1.64 bits per heavy atom.